The summed E-state index contributed by atoms with van der Waals surface area (Å²) in [6.07, 6.45) is 1.79. The Balaban J connectivity index is 1.81. The van der Waals surface area contributed by atoms with Gasteiger partial charge in [0.2, 0.25) is 0 Å². The topological polar surface area (TPSA) is 46.6 Å². The minimum Gasteiger partial charge on any atom is -0.325 e. The first-order valence-electron chi connectivity index (χ1n) is 8.82. The number of aryl methyl sites for hydroxylation is 1. The Morgan fingerprint density at radius 2 is 1.42 bits per heavy atom. The molecule has 0 bridgehead atoms. The number of aromatic nitrogens is 3. The predicted octanol–water partition coefficient (Wildman–Crippen LogP) is 4.03. The van der Waals surface area contributed by atoms with Gasteiger partial charge in [-0.25, -0.2) is 4.98 Å². The highest BCUT2D eigenvalue weighted by Crippen LogP contribution is 2.22. The van der Waals surface area contributed by atoms with Crippen LogP contribution in [-0.4, -0.2) is 14.1 Å². The van der Waals surface area contributed by atoms with Crippen molar-refractivity contribution in [3.05, 3.63) is 94.9 Å². The first-order chi connectivity index (χ1) is 12.6. The molecular weight excluding hydrogens is 320 g/mol. The van der Waals surface area contributed by atoms with E-state index in [0.29, 0.717) is 12.0 Å². The molecule has 4 nitrogen and oxygen atoms in total. The van der Waals surface area contributed by atoms with Crippen LogP contribution >= 0.6 is 0 Å². The predicted molar refractivity (Wildman–Crippen MR) is 104 cm³/mol. The molecule has 4 aromatic rings. The van der Waals surface area contributed by atoms with Crippen LogP contribution < -0.4 is 5.49 Å². The van der Waals surface area contributed by atoms with Crippen LogP contribution in [0.25, 0.3) is 11.0 Å². The van der Waals surface area contributed by atoms with Crippen LogP contribution in [0.4, 0.5) is 0 Å². The highest BCUT2D eigenvalue weighted by molar-refractivity contribution is 5.80. The Morgan fingerprint density at radius 1 is 0.846 bits per heavy atom. The Labute approximate surface area is 152 Å². The molecule has 2 heterocycles. The second kappa shape index (κ2) is 6.64. The average molecular weight is 342 g/mol. The molecule has 0 spiro atoms. The van der Waals surface area contributed by atoms with Gasteiger partial charge < -0.3 is 9.13 Å². The molecule has 0 saturated heterocycles. The van der Waals surface area contributed by atoms with Gasteiger partial charge in [0.05, 0.1) is 18.3 Å². The van der Waals surface area contributed by atoms with Gasteiger partial charge in [0, 0.05) is 12.2 Å². The Hall–Kier alpha value is -3.14. The van der Waals surface area contributed by atoms with E-state index in [4.69, 9.17) is 10.4 Å². The summed E-state index contributed by atoms with van der Waals surface area (Å²) in [6.45, 7) is 5.63. The molecule has 26 heavy (non-hydrogen) atoms. The molecule has 0 atom stereocenters. The molecule has 0 amide bonds. The summed E-state index contributed by atoms with van der Waals surface area (Å²) in [5.41, 5.74) is 6.12. The van der Waals surface area contributed by atoms with Gasteiger partial charge >= 0.3 is 0 Å². The number of fused-ring (bicyclic) bond motifs is 1. The molecule has 4 rings (SSSR count). The largest absolute Gasteiger partial charge is 0.325 e. The lowest BCUT2D eigenvalue weighted by atomic mass is 10.2. The molecule has 2 aromatic heterocycles. The minimum atomic E-state index is 0.520. The summed E-state index contributed by atoms with van der Waals surface area (Å²) >= 11 is 0. The lowest BCUT2D eigenvalue weighted by molar-refractivity contribution is 0.716. The van der Waals surface area contributed by atoms with Crippen LogP contribution in [0.5, 0.6) is 0 Å². The SMILES string of the molecule is Cc1c(C)n(Cc2ccccc2)c2ncn(Cc3ccccc3)c(=N)c12. The van der Waals surface area contributed by atoms with Crippen molar-refractivity contribution in [2.24, 2.45) is 0 Å². The standard InChI is InChI=1S/C22H22N4/c1-16-17(2)26(14-19-11-7-4-8-12-19)22-20(16)21(23)25(15-24-22)13-18-9-5-3-6-10-18/h3-12,15,23H,13-14H2,1-2H3. The van der Waals surface area contributed by atoms with Gasteiger partial charge in [0.25, 0.3) is 0 Å². The molecule has 0 saturated carbocycles. The van der Waals surface area contributed by atoms with E-state index in [0.717, 1.165) is 23.1 Å². The van der Waals surface area contributed by atoms with Crippen molar-refractivity contribution in [2.45, 2.75) is 26.9 Å². The van der Waals surface area contributed by atoms with Crippen molar-refractivity contribution in [3.8, 4) is 0 Å². The van der Waals surface area contributed by atoms with E-state index in [1.165, 1.54) is 16.8 Å². The van der Waals surface area contributed by atoms with Crippen molar-refractivity contribution in [2.75, 3.05) is 0 Å². The molecule has 1 N–H and O–H groups in total. The van der Waals surface area contributed by atoms with E-state index in [9.17, 15) is 0 Å². The molecule has 4 heteroatoms. The smallest absolute Gasteiger partial charge is 0.146 e. The summed E-state index contributed by atoms with van der Waals surface area (Å²) in [5.74, 6) is 0. The average Bonchev–Trinajstić information content (AvgIpc) is 2.91. The zero-order chi connectivity index (χ0) is 18.1. The zero-order valence-electron chi connectivity index (χ0n) is 15.1. The summed E-state index contributed by atoms with van der Waals surface area (Å²) in [6, 6.07) is 20.6. The molecule has 0 aliphatic heterocycles. The third-order valence-electron chi connectivity index (χ3n) is 5.02. The van der Waals surface area contributed by atoms with Crippen LogP contribution in [0.2, 0.25) is 0 Å². The van der Waals surface area contributed by atoms with Crippen LogP contribution in [0, 0.1) is 19.3 Å². The summed E-state index contributed by atoms with van der Waals surface area (Å²) in [4.78, 5) is 4.72. The van der Waals surface area contributed by atoms with Crippen molar-refractivity contribution < 1.29 is 0 Å². The van der Waals surface area contributed by atoms with Crippen LogP contribution in [0.3, 0.4) is 0 Å². The van der Waals surface area contributed by atoms with Gasteiger partial charge in [0.15, 0.2) is 0 Å². The fourth-order valence-electron chi connectivity index (χ4n) is 3.45. The third-order valence-corrected chi connectivity index (χ3v) is 5.02. The maximum absolute atomic E-state index is 8.73. The highest BCUT2D eigenvalue weighted by atomic mass is 15.1. The number of nitrogens with zero attached hydrogens (tertiary/aromatic N) is 3. The number of rotatable bonds is 4. The van der Waals surface area contributed by atoms with Crippen LogP contribution in [0.15, 0.2) is 67.0 Å². The molecule has 130 valence electrons. The Bertz CT molecular complexity index is 1110. The van der Waals surface area contributed by atoms with E-state index in [2.05, 4.69) is 54.8 Å². The van der Waals surface area contributed by atoms with Crippen molar-refractivity contribution in [1.29, 1.82) is 5.41 Å². The molecule has 2 aromatic carbocycles. The number of benzene rings is 2. The fourth-order valence-corrected chi connectivity index (χ4v) is 3.45. The van der Waals surface area contributed by atoms with Gasteiger partial charge in [0.1, 0.15) is 11.1 Å². The van der Waals surface area contributed by atoms with Crippen LogP contribution in [-0.2, 0) is 13.1 Å². The first-order valence-corrected chi connectivity index (χ1v) is 8.82. The van der Waals surface area contributed by atoms with Crippen molar-refractivity contribution in [1.82, 2.24) is 14.1 Å². The summed E-state index contributed by atoms with van der Waals surface area (Å²) in [7, 11) is 0. The number of hydrogen-bond acceptors (Lipinski definition) is 2. The maximum atomic E-state index is 8.73. The second-order valence-corrected chi connectivity index (χ2v) is 6.69. The Morgan fingerprint density at radius 3 is 2.04 bits per heavy atom. The second-order valence-electron chi connectivity index (χ2n) is 6.69. The van der Waals surface area contributed by atoms with E-state index >= 15 is 0 Å². The van der Waals surface area contributed by atoms with Gasteiger partial charge in [-0.3, -0.25) is 5.41 Å². The van der Waals surface area contributed by atoms with Crippen molar-refractivity contribution >= 4 is 11.0 Å². The Kier molecular flexibility index (Phi) is 4.17. The molecular formula is C22H22N4. The molecule has 0 fully saturated rings. The minimum absolute atomic E-state index is 0.520. The van der Waals surface area contributed by atoms with Gasteiger partial charge in [-0.2, -0.15) is 0 Å². The van der Waals surface area contributed by atoms with E-state index in [-0.39, 0.29) is 0 Å². The summed E-state index contributed by atoms with van der Waals surface area (Å²) in [5, 5.41) is 9.67. The maximum Gasteiger partial charge on any atom is 0.146 e. The highest BCUT2D eigenvalue weighted by Gasteiger charge is 2.15. The monoisotopic (exact) mass is 342 g/mol. The number of hydrogen-bond donors (Lipinski definition) is 1. The first kappa shape index (κ1) is 16.3. The van der Waals surface area contributed by atoms with Gasteiger partial charge in [-0.15, -0.1) is 0 Å². The van der Waals surface area contributed by atoms with Crippen molar-refractivity contribution in [3.63, 3.8) is 0 Å². The molecule has 0 radical (unpaired) electrons. The van der Waals surface area contributed by atoms with E-state index < -0.39 is 0 Å². The third kappa shape index (κ3) is 2.84. The quantitative estimate of drug-likeness (QED) is 0.598. The van der Waals surface area contributed by atoms with E-state index in [1.807, 2.05) is 28.8 Å². The lowest BCUT2D eigenvalue weighted by Gasteiger charge is -2.10. The zero-order valence-corrected chi connectivity index (χ0v) is 15.1. The van der Waals surface area contributed by atoms with Gasteiger partial charge in [-0.05, 0) is 30.5 Å². The lowest BCUT2D eigenvalue weighted by Crippen LogP contribution is -2.21. The normalized spacial score (nSPS) is 11.2. The van der Waals surface area contributed by atoms with E-state index in [1.54, 1.807) is 6.33 Å². The molecule has 0 aliphatic carbocycles. The van der Waals surface area contributed by atoms with Crippen LogP contribution in [0.1, 0.15) is 22.4 Å². The molecule has 0 aliphatic rings. The number of nitrogens with one attached hydrogen (secondary N) is 1. The summed E-state index contributed by atoms with van der Waals surface area (Å²) < 4.78 is 4.13. The fraction of sp³-hybridized carbons (Fsp3) is 0.182. The molecule has 0 unspecified atom stereocenters. The van der Waals surface area contributed by atoms with Gasteiger partial charge in [-0.1, -0.05) is 60.7 Å².